The highest BCUT2D eigenvalue weighted by molar-refractivity contribution is 5.92. The highest BCUT2D eigenvalue weighted by atomic mass is 16.2. The van der Waals surface area contributed by atoms with Gasteiger partial charge in [0.25, 0.3) is 5.91 Å². The van der Waals surface area contributed by atoms with Gasteiger partial charge in [-0.15, -0.1) is 0 Å². The van der Waals surface area contributed by atoms with Crippen LogP contribution in [0.2, 0.25) is 0 Å². The zero-order chi connectivity index (χ0) is 18.6. The zero-order valence-electron chi connectivity index (χ0n) is 15.4. The van der Waals surface area contributed by atoms with Crippen molar-refractivity contribution in [2.24, 2.45) is 5.92 Å². The molecule has 140 valence electrons. The Hall–Kier alpha value is -2.69. The summed E-state index contributed by atoms with van der Waals surface area (Å²) in [6, 6.07) is 14.1. The molecule has 1 aromatic heterocycles. The van der Waals surface area contributed by atoms with E-state index in [1.807, 2.05) is 11.0 Å². The van der Waals surface area contributed by atoms with Crippen molar-refractivity contribution in [2.75, 3.05) is 13.1 Å². The van der Waals surface area contributed by atoms with Gasteiger partial charge in [0.05, 0.1) is 0 Å². The van der Waals surface area contributed by atoms with E-state index in [4.69, 9.17) is 0 Å². The lowest BCUT2D eigenvalue weighted by molar-refractivity contribution is -0.127. The first-order chi connectivity index (χ1) is 13.2. The summed E-state index contributed by atoms with van der Waals surface area (Å²) in [4.78, 5) is 31.1. The van der Waals surface area contributed by atoms with Gasteiger partial charge in [-0.05, 0) is 55.4 Å². The minimum Gasteiger partial charge on any atom is -0.353 e. The van der Waals surface area contributed by atoms with E-state index in [0.717, 1.165) is 19.3 Å². The van der Waals surface area contributed by atoms with Crippen molar-refractivity contribution in [3.05, 3.63) is 65.5 Å². The molecule has 1 N–H and O–H groups in total. The second kappa shape index (κ2) is 7.91. The van der Waals surface area contributed by atoms with Crippen molar-refractivity contribution in [3.63, 3.8) is 0 Å². The highest BCUT2D eigenvalue weighted by Crippen LogP contribution is 2.23. The minimum atomic E-state index is -0.0432. The number of amides is 2. The number of hydrogen-bond acceptors (Lipinski definition) is 3. The van der Waals surface area contributed by atoms with Gasteiger partial charge in [0, 0.05) is 31.2 Å². The maximum Gasteiger partial charge on any atom is 0.272 e. The van der Waals surface area contributed by atoms with Crippen molar-refractivity contribution >= 4 is 11.8 Å². The van der Waals surface area contributed by atoms with E-state index in [1.165, 1.54) is 11.1 Å². The molecule has 1 aliphatic carbocycles. The fourth-order valence-corrected chi connectivity index (χ4v) is 4.14. The van der Waals surface area contributed by atoms with Gasteiger partial charge in [-0.3, -0.25) is 14.6 Å². The van der Waals surface area contributed by atoms with Gasteiger partial charge in [0.15, 0.2) is 0 Å². The normalized spacial score (nSPS) is 20.0. The second-order valence-corrected chi connectivity index (χ2v) is 7.50. The molecular formula is C22H25N3O2. The van der Waals surface area contributed by atoms with Gasteiger partial charge < -0.3 is 10.2 Å². The van der Waals surface area contributed by atoms with Crippen molar-refractivity contribution in [3.8, 4) is 0 Å². The van der Waals surface area contributed by atoms with Gasteiger partial charge in [0.1, 0.15) is 5.69 Å². The average molecular weight is 363 g/mol. The van der Waals surface area contributed by atoms with E-state index < -0.39 is 0 Å². The molecule has 0 spiro atoms. The van der Waals surface area contributed by atoms with Crippen LogP contribution < -0.4 is 5.32 Å². The maximum absolute atomic E-state index is 12.7. The number of aryl methyl sites for hydroxylation is 1. The Kier molecular flexibility index (Phi) is 5.19. The Bertz CT molecular complexity index is 813. The molecule has 2 amide bonds. The van der Waals surface area contributed by atoms with E-state index >= 15 is 0 Å². The van der Waals surface area contributed by atoms with Crippen LogP contribution in [-0.4, -0.2) is 40.8 Å². The summed E-state index contributed by atoms with van der Waals surface area (Å²) in [5.74, 6) is 0.0950. The monoisotopic (exact) mass is 363 g/mol. The van der Waals surface area contributed by atoms with Gasteiger partial charge in [-0.2, -0.15) is 0 Å². The summed E-state index contributed by atoms with van der Waals surface area (Å²) < 4.78 is 0. The Morgan fingerprint density at radius 1 is 0.963 bits per heavy atom. The lowest BCUT2D eigenvalue weighted by atomic mass is 9.87. The first kappa shape index (κ1) is 17.7. The summed E-state index contributed by atoms with van der Waals surface area (Å²) in [6.07, 6.45) is 6.01. The summed E-state index contributed by atoms with van der Waals surface area (Å²) in [5.41, 5.74) is 3.23. The topological polar surface area (TPSA) is 62.3 Å². The van der Waals surface area contributed by atoms with Crippen LogP contribution >= 0.6 is 0 Å². The van der Waals surface area contributed by atoms with E-state index in [0.29, 0.717) is 31.6 Å². The number of nitrogens with zero attached hydrogens (tertiary/aromatic N) is 2. The summed E-state index contributed by atoms with van der Waals surface area (Å²) in [6.45, 7) is 1.22. The molecule has 0 unspecified atom stereocenters. The summed E-state index contributed by atoms with van der Waals surface area (Å²) >= 11 is 0. The standard InChI is InChI=1S/C22H25N3O2/c26-21(24-19-9-8-16-5-1-2-6-18(16)15-19)17-10-13-25(14-11-17)22(27)20-7-3-4-12-23-20/h1-7,12,17,19H,8-11,13-15H2,(H,24,26)/t19-/m0/s1. The van der Waals surface area contributed by atoms with Crippen LogP contribution in [0.15, 0.2) is 48.7 Å². The van der Waals surface area contributed by atoms with Crippen molar-refractivity contribution < 1.29 is 9.59 Å². The molecule has 1 aliphatic heterocycles. The van der Waals surface area contributed by atoms with Crippen molar-refractivity contribution in [1.29, 1.82) is 0 Å². The average Bonchev–Trinajstić information content (AvgIpc) is 2.74. The van der Waals surface area contributed by atoms with E-state index in [1.54, 1.807) is 18.3 Å². The molecule has 0 saturated carbocycles. The molecule has 4 rings (SSSR count). The van der Waals surface area contributed by atoms with Gasteiger partial charge in [0.2, 0.25) is 5.91 Å². The number of carbonyl (C=O) groups excluding carboxylic acids is 2. The van der Waals surface area contributed by atoms with Crippen LogP contribution in [0.4, 0.5) is 0 Å². The summed E-state index contributed by atoms with van der Waals surface area (Å²) in [7, 11) is 0. The first-order valence-corrected chi connectivity index (χ1v) is 9.78. The molecule has 0 radical (unpaired) electrons. The summed E-state index contributed by atoms with van der Waals surface area (Å²) in [5, 5.41) is 3.25. The predicted molar refractivity (Wildman–Crippen MR) is 103 cm³/mol. The molecule has 0 bridgehead atoms. The second-order valence-electron chi connectivity index (χ2n) is 7.50. The number of benzene rings is 1. The van der Waals surface area contributed by atoms with Gasteiger partial charge in [-0.1, -0.05) is 30.3 Å². The Morgan fingerprint density at radius 3 is 2.44 bits per heavy atom. The fourth-order valence-electron chi connectivity index (χ4n) is 4.14. The van der Waals surface area contributed by atoms with Gasteiger partial charge in [-0.25, -0.2) is 0 Å². The first-order valence-electron chi connectivity index (χ1n) is 9.78. The Labute approximate surface area is 159 Å². The molecule has 2 aromatic rings. The van der Waals surface area contributed by atoms with Crippen LogP contribution in [0.25, 0.3) is 0 Å². The molecule has 1 saturated heterocycles. The molecule has 5 heteroatoms. The van der Waals surface area contributed by atoms with E-state index in [-0.39, 0.29) is 23.8 Å². The fraction of sp³-hybridized carbons (Fsp3) is 0.409. The zero-order valence-corrected chi connectivity index (χ0v) is 15.4. The molecular weight excluding hydrogens is 338 g/mol. The number of fused-ring (bicyclic) bond motifs is 1. The van der Waals surface area contributed by atoms with Crippen LogP contribution in [0.3, 0.4) is 0 Å². The van der Waals surface area contributed by atoms with E-state index in [9.17, 15) is 9.59 Å². The third-order valence-electron chi connectivity index (χ3n) is 5.73. The minimum absolute atomic E-state index is 0.00467. The maximum atomic E-state index is 12.7. The number of piperidine rings is 1. The molecule has 1 aromatic carbocycles. The van der Waals surface area contributed by atoms with Crippen molar-refractivity contribution in [2.45, 2.75) is 38.1 Å². The molecule has 2 heterocycles. The predicted octanol–water partition coefficient (Wildman–Crippen LogP) is 2.61. The number of hydrogen-bond donors (Lipinski definition) is 1. The number of likely N-dealkylation sites (tertiary alicyclic amines) is 1. The number of carbonyl (C=O) groups is 2. The largest absolute Gasteiger partial charge is 0.353 e. The van der Waals surface area contributed by atoms with Crippen LogP contribution in [0.1, 0.15) is 40.9 Å². The van der Waals surface area contributed by atoms with Crippen LogP contribution in [0.5, 0.6) is 0 Å². The number of nitrogens with one attached hydrogen (secondary N) is 1. The lowest BCUT2D eigenvalue weighted by Gasteiger charge is -2.33. The SMILES string of the molecule is O=C(N[C@H]1CCc2ccccc2C1)C1CCN(C(=O)c2ccccn2)CC1. The third-order valence-corrected chi connectivity index (χ3v) is 5.73. The molecule has 2 aliphatic rings. The quantitative estimate of drug-likeness (QED) is 0.912. The molecule has 1 atom stereocenters. The van der Waals surface area contributed by atoms with Crippen molar-refractivity contribution in [1.82, 2.24) is 15.2 Å². The number of rotatable bonds is 3. The third kappa shape index (κ3) is 4.02. The Morgan fingerprint density at radius 2 is 1.70 bits per heavy atom. The highest BCUT2D eigenvalue weighted by Gasteiger charge is 2.30. The number of pyridine rings is 1. The lowest BCUT2D eigenvalue weighted by Crippen LogP contribution is -2.46. The molecule has 5 nitrogen and oxygen atoms in total. The smallest absolute Gasteiger partial charge is 0.272 e. The van der Waals surface area contributed by atoms with Crippen LogP contribution in [-0.2, 0) is 17.6 Å². The van der Waals surface area contributed by atoms with E-state index in [2.05, 4.69) is 34.6 Å². The molecule has 27 heavy (non-hydrogen) atoms. The number of aromatic nitrogens is 1. The Balaban J connectivity index is 1.29. The van der Waals surface area contributed by atoms with Gasteiger partial charge >= 0.3 is 0 Å². The van der Waals surface area contributed by atoms with Crippen LogP contribution in [0, 0.1) is 5.92 Å². The molecule has 1 fully saturated rings.